The number of benzene rings is 17. The minimum absolute atomic E-state index is 0.573. The van der Waals surface area contributed by atoms with Gasteiger partial charge in [-0.2, -0.15) is 0 Å². The Morgan fingerprint density at radius 1 is 0.183 bits per heavy atom. The molecule has 4 heterocycles. The van der Waals surface area contributed by atoms with Gasteiger partial charge >= 0.3 is 0 Å². The van der Waals surface area contributed by atoms with Gasteiger partial charge in [0, 0.05) is 93.1 Å². The molecule has 0 saturated heterocycles. The van der Waals surface area contributed by atoms with Gasteiger partial charge in [0.05, 0.1) is 78.3 Å². The zero-order chi connectivity index (χ0) is 72.0. The van der Waals surface area contributed by atoms with E-state index in [1.54, 1.807) is 0 Å². The minimum Gasteiger partial charge on any atom is -0.310 e. The van der Waals surface area contributed by atoms with Gasteiger partial charge in [0.1, 0.15) is 0 Å². The molecule has 17 aromatic carbocycles. The van der Waals surface area contributed by atoms with E-state index >= 15 is 0 Å². The summed E-state index contributed by atoms with van der Waals surface area (Å²) in [6, 6.07) is 148. The predicted octanol–water partition coefficient (Wildman–Crippen LogP) is 28.3. The summed E-state index contributed by atoms with van der Waals surface area (Å²) in [4.78, 5) is 4.82. The third-order valence-corrected chi connectivity index (χ3v) is 22.2. The summed E-state index contributed by atoms with van der Waals surface area (Å²) < 4.78 is 9.95. The summed E-state index contributed by atoms with van der Waals surface area (Å²) in [6.07, 6.45) is 0. The van der Waals surface area contributed by atoms with Crippen LogP contribution in [-0.4, -0.2) is 18.3 Å². The van der Waals surface area contributed by atoms with Crippen LogP contribution in [0.3, 0.4) is 0 Å². The van der Waals surface area contributed by atoms with Crippen molar-refractivity contribution in [1.29, 1.82) is 0 Å². The fourth-order valence-electron chi connectivity index (χ4n) is 17.4. The Kier molecular flexibility index (Phi) is 15.2. The number of nitrogens with zero attached hydrogens (tertiary/aromatic N) is 6. The zero-order valence-corrected chi connectivity index (χ0v) is 60.0. The second kappa shape index (κ2) is 26.2. The first-order valence-corrected chi connectivity index (χ1v) is 37.5. The van der Waals surface area contributed by atoms with Crippen LogP contribution in [0.1, 0.15) is 0 Å². The van der Waals surface area contributed by atoms with Crippen molar-refractivity contribution in [3.05, 3.63) is 411 Å². The predicted molar refractivity (Wildman–Crippen MR) is 460 cm³/mol. The number of aromatic nitrogens is 4. The second-order valence-corrected chi connectivity index (χ2v) is 28.5. The molecule has 21 aromatic rings. The lowest BCUT2D eigenvalue weighted by Gasteiger charge is -2.32. The van der Waals surface area contributed by atoms with Crippen molar-refractivity contribution in [2.75, 3.05) is 9.80 Å². The monoisotopic (exact) mass is 1410 g/mol. The third kappa shape index (κ3) is 10.4. The fourth-order valence-corrected chi connectivity index (χ4v) is 17.6. The van der Waals surface area contributed by atoms with Gasteiger partial charge in [-0.3, -0.25) is 0 Å². The van der Waals surface area contributed by atoms with Gasteiger partial charge in [0.2, 0.25) is 0 Å². The van der Waals surface area contributed by atoms with Gasteiger partial charge in [0.15, 0.2) is 0 Å². The number of para-hydroxylation sites is 12. The molecule has 0 saturated carbocycles. The highest BCUT2D eigenvalue weighted by Gasteiger charge is 2.29. The van der Waals surface area contributed by atoms with Crippen molar-refractivity contribution in [3.63, 3.8) is 0 Å². The summed E-state index contributed by atoms with van der Waals surface area (Å²) in [5.74, 6) is 0. The molecule has 109 heavy (non-hydrogen) atoms. The molecule has 0 aliphatic rings. The maximum atomic E-state index is 7.94. The Balaban J connectivity index is 0.800. The quantitative estimate of drug-likeness (QED) is 0.108. The summed E-state index contributed by atoms with van der Waals surface area (Å²) in [5.41, 5.74) is 27.5. The number of fused-ring (bicyclic) bond motifs is 12. The first-order chi connectivity index (χ1) is 54.1. The average Bonchev–Trinajstić information content (AvgIpc) is 1.58. The molecule has 0 spiro atoms. The van der Waals surface area contributed by atoms with Crippen LogP contribution in [0.15, 0.2) is 406 Å². The smallest absolute Gasteiger partial charge is 0.0781 e. The lowest BCUT2D eigenvalue weighted by molar-refractivity contribution is 1.10. The summed E-state index contributed by atoms with van der Waals surface area (Å²) in [7, 11) is 0. The van der Waals surface area contributed by atoms with Crippen LogP contribution >= 0.6 is 11.6 Å². The lowest BCUT2D eigenvalue weighted by Crippen LogP contribution is -2.15. The average molecular weight is 1410 g/mol. The Bertz CT molecular complexity index is 6520. The molecule has 4 aromatic heterocycles. The Hall–Kier alpha value is -14.2. The number of anilines is 6. The molecular weight excluding hydrogens is 1340 g/mol. The molecule has 0 unspecified atom stereocenters. The number of rotatable bonds is 14. The highest BCUT2D eigenvalue weighted by atomic mass is 35.5. The van der Waals surface area contributed by atoms with E-state index in [1.165, 1.54) is 43.1 Å². The van der Waals surface area contributed by atoms with Crippen molar-refractivity contribution in [2.24, 2.45) is 0 Å². The molecule has 21 rings (SSSR count). The Labute approximate surface area is 635 Å². The molecule has 0 aliphatic carbocycles. The summed E-state index contributed by atoms with van der Waals surface area (Å²) in [6.45, 7) is 0. The van der Waals surface area contributed by atoms with Crippen molar-refractivity contribution < 1.29 is 0 Å². The van der Waals surface area contributed by atoms with E-state index in [1.807, 2.05) is 0 Å². The van der Waals surface area contributed by atoms with Crippen LogP contribution in [0.5, 0.6) is 0 Å². The van der Waals surface area contributed by atoms with Crippen LogP contribution in [0.25, 0.3) is 154 Å². The van der Waals surface area contributed by atoms with Gasteiger partial charge in [0.25, 0.3) is 0 Å². The SMILES string of the molecule is Clc1cc(N(c2cccc(-c3cccc(-n4c5ccccc5c5ccccc54)c3-n3c4ccccc4c4ccccc43)c2)c2ccccc2-c2ccccc2)cc(N(c2cccc(-c3cccc(-n4c5ccccc5c5ccccc54)c3-n3c4ccccc4c4ccccc43)c2)c2ccccc2-c2ccccc2)c1. The van der Waals surface area contributed by atoms with E-state index in [9.17, 15) is 0 Å². The van der Waals surface area contributed by atoms with E-state index < -0.39 is 0 Å². The van der Waals surface area contributed by atoms with Crippen molar-refractivity contribution in [3.8, 4) is 67.3 Å². The molecule has 0 atom stereocenters. The van der Waals surface area contributed by atoms with Crippen molar-refractivity contribution in [2.45, 2.75) is 0 Å². The van der Waals surface area contributed by atoms with Crippen LogP contribution in [-0.2, 0) is 0 Å². The largest absolute Gasteiger partial charge is 0.310 e. The fraction of sp³-hybridized carbons (Fsp3) is 0. The molecule has 0 radical (unpaired) electrons. The molecule has 512 valence electrons. The van der Waals surface area contributed by atoms with E-state index in [4.69, 9.17) is 11.6 Å². The minimum atomic E-state index is 0.573. The van der Waals surface area contributed by atoms with Crippen LogP contribution < -0.4 is 9.80 Å². The molecule has 0 fully saturated rings. The van der Waals surface area contributed by atoms with E-state index in [-0.39, 0.29) is 0 Å². The number of hydrogen-bond acceptors (Lipinski definition) is 2. The molecular formula is C102H67ClN6. The van der Waals surface area contributed by atoms with Gasteiger partial charge in [-0.25, -0.2) is 0 Å². The Morgan fingerprint density at radius 3 is 0.771 bits per heavy atom. The summed E-state index contributed by atoms with van der Waals surface area (Å²) >= 11 is 7.94. The molecule has 7 heteroatoms. The molecule has 0 aliphatic heterocycles. The van der Waals surface area contributed by atoms with Crippen LogP contribution in [0.2, 0.25) is 5.02 Å². The topological polar surface area (TPSA) is 26.2 Å². The van der Waals surface area contributed by atoms with Gasteiger partial charge in [-0.1, -0.05) is 303 Å². The second-order valence-electron chi connectivity index (χ2n) is 28.0. The third-order valence-electron chi connectivity index (χ3n) is 22.0. The van der Waals surface area contributed by atoms with Crippen LogP contribution in [0.4, 0.5) is 34.1 Å². The maximum Gasteiger partial charge on any atom is 0.0781 e. The number of hydrogen-bond donors (Lipinski definition) is 0. The molecule has 6 nitrogen and oxygen atoms in total. The first-order valence-electron chi connectivity index (χ1n) is 37.2. The normalized spacial score (nSPS) is 11.7. The zero-order valence-electron chi connectivity index (χ0n) is 59.2. The molecule has 0 N–H and O–H groups in total. The molecule has 0 amide bonds. The Morgan fingerprint density at radius 2 is 0.440 bits per heavy atom. The standard InChI is InChI=1S/C102H67ClN6/c103-72-65-75(104(89-51-17-7-39-77(89)68-31-3-1-4-32-68)73-37-27-35-70(63-73)79-49-29-61-99(106-91-53-19-9-41-81(91)82-42-10-20-54-92(82)106)101(79)108-95-57-23-13-45-85(95)86-46-14-24-58-96(86)108)67-76(66-72)105(90-52-18-8-40-78(90)69-33-5-2-6-34-69)74-38-28-36-71(64-74)80-50-30-62-100(107-93-55-21-11-43-83(93)84-44-12-22-56-94(84)107)102(80)109-97-59-25-15-47-87(97)88-48-16-26-60-98(88)109/h1-67H. The molecule has 0 bridgehead atoms. The highest BCUT2D eigenvalue weighted by Crippen LogP contribution is 2.51. The van der Waals surface area contributed by atoms with E-state index in [2.05, 4.69) is 435 Å². The highest BCUT2D eigenvalue weighted by molar-refractivity contribution is 6.31. The first kappa shape index (κ1) is 63.3. The van der Waals surface area contributed by atoms with Crippen LogP contribution in [0, 0.1) is 0 Å². The van der Waals surface area contributed by atoms with Gasteiger partial charge < -0.3 is 28.1 Å². The van der Waals surface area contributed by atoms with Gasteiger partial charge in [-0.05, 0) is 138 Å². The van der Waals surface area contributed by atoms with E-state index in [0.29, 0.717) is 5.02 Å². The summed E-state index contributed by atoms with van der Waals surface area (Å²) in [5, 5.41) is 10.1. The van der Waals surface area contributed by atoms with Gasteiger partial charge in [-0.15, -0.1) is 0 Å². The lowest BCUT2D eigenvalue weighted by atomic mass is 9.98. The number of halogens is 1. The van der Waals surface area contributed by atoms with Crippen molar-refractivity contribution in [1.82, 2.24) is 18.3 Å². The van der Waals surface area contributed by atoms with E-state index in [0.717, 1.165) is 146 Å². The maximum absolute atomic E-state index is 7.94. The van der Waals surface area contributed by atoms with Crippen molar-refractivity contribution >= 4 is 133 Å².